The number of nitro groups is 2. The third-order valence-corrected chi connectivity index (χ3v) is 1.99. The molecule has 0 spiro atoms. The fourth-order valence-electron chi connectivity index (χ4n) is 1.32. The maximum Gasteiger partial charge on any atom is 0.358 e. The molecule has 0 aliphatic heterocycles. The summed E-state index contributed by atoms with van der Waals surface area (Å²) in [5, 5.41) is 21.3. The van der Waals surface area contributed by atoms with E-state index in [9.17, 15) is 25.0 Å². The molecule has 0 aliphatic carbocycles. The lowest BCUT2D eigenvalue weighted by atomic mass is 10.0. The SMILES string of the molecule is Cc1ccc([N+](=O)[O-])c([N+](=O)[O-])c1C(N)=O. The fourth-order valence-corrected chi connectivity index (χ4v) is 1.32. The van der Waals surface area contributed by atoms with Crippen LogP contribution in [0.25, 0.3) is 0 Å². The first-order valence-electron chi connectivity index (χ1n) is 4.08. The zero-order chi connectivity index (χ0) is 12.5. The number of nitrogens with zero attached hydrogens (tertiary/aromatic N) is 2. The molecule has 0 radical (unpaired) electrons. The Labute approximate surface area is 89.0 Å². The molecule has 0 heterocycles. The van der Waals surface area contributed by atoms with E-state index in [0.717, 1.165) is 6.07 Å². The van der Waals surface area contributed by atoms with E-state index in [-0.39, 0.29) is 5.56 Å². The number of primary amides is 1. The molecule has 0 bridgehead atoms. The highest BCUT2D eigenvalue weighted by Gasteiger charge is 2.32. The minimum atomic E-state index is -1.06. The number of aryl methyl sites for hydroxylation is 1. The largest absolute Gasteiger partial charge is 0.365 e. The molecular weight excluding hydrogens is 218 g/mol. The molecule has 1 aromatic carbocycles. The van der Waals surface area contributed by atoms with Gasteiger partial charge in [0.1, 0.15) is 5.56 Å². The normalized spacial score (nSPS) is 9.81. The Morgan fingerprint density at radius 1 is 1.25 bits per heavy atom. The van der Waals surface area contributed by atoms with Gasteiger partial charge >= 0.3 is 11.4 Å². The van der Waals surface area contributed by atoms with Gasteiger partial charge in [-0.3, -0.25) is 25.0 Å². The van der Waals surface area contributed by atoms with Crippen molar-refractivity contribution in [2.75, 3.05) is 0 Å². The van der Waals surface area contributed by atoms with Crippen LogP contribution in [0, 0.1) is 27.2 Å². The number of hydrogen-bond acceptors (Lipinski definition) is 5. The lowest BCUT2D eigenvalue weighted by Gasteiger charge is -2.02. The van der Waals surface area contributed by atoms with Crippen molar-refractivity contribution in [2.24, 2.45) is 5.73 Å². The predicted octanol–water partition coefficient (Wildman–Crippen LogP) is 0.910. The summed E-state index contributed by atoms with van der Waals surface area (Å²) in [6.45, 7) is 1.41. The van der Waals surface area contributed by atoms with Gasteiger partial charge in [-0.05, 0) is 12.5 Å². The van der Waals surface area contributed by atoms with Crippen LogP contribution in [0.2, 0.25) is 0 Å². The highest BCUT2D eigenvalue weighted by atomic mass is 16.6. The van der Waals surface area contributed by atoms with Crippen LogP contribution in [-0.4, -0.2) is 15.8 Å². The molecule has 84 valence electrons. The Hall–Kier alpha value is -2.51. The van der Waals surface area contributed by atoms with Crippen LogP contribution in [-0.2, 0) is 0 Å². The van der Waals surface area contributed by atoms with Gasteiger partial charge in [0.05, 0.1) is 9.85 Å². The second-order valence-electron chi connectivity index (χ2n) is 3.00. The molecule has 0 aliphatic rings. The molecule has 8 heteroatoms. The first-order chi connectivity index (χ1) is 7.36. The van der Waals surface area contributed by atoms with Gasteiger partial charge < -0.3 is 5.73 Å². The smallest absolute Gasteiger partial charge is 0.358 e. The molecule has 16 heavy (non-hydrogen) atoms. The third kappa shape index (κ3) is 1.80. The van der Waals surface area contributed by atoms with Crippen LogP contribution in [0.4, 0.5) is 11.4 Å². The van der Waals surface area contributed by atoms with Crippen molar-refractivity contribution >= 4 is 17.3 Å². The van der Waals surface area contributed by atoms with E-state index in [1.807, 2.05) is 0 Å². The van der Waals surface area contributed by atoms with Gasteiger partial charge in [-0.15, -0.1) is 0 Å². The molecule has 1 rings (SSSR count). The van der Waals surface area contributed by atoms with Crippen LogP contribution in [0.3, 0.4) is 0 Å². The Balaban J connectivity index is 3.70. The van der Waals surface area contributed by atoms with Crippen molar-refractivity contribution in [3.63, 3.8) is 0 Å². The summed E-state index contributed by atoms with van der Waals surface area (Å²) in [7, 11) is 0. The first-order valence-corrected chi connectivity index (χ1v) is 4.08. The monoisotopic (exact) mass is 225 g/mol. The minimum absolute atomic E-state index is 0.227. The van der Waals surface area contributed by atoms with Crippen molar-refractivity contribution in [3.05, 3.63) is 43.5 Å². The molecule has 0 saturated carbocycles. The highest BCUT2D eigenvalue weighted by Crippen LogP contribution is 2.32. The van der Waals surface area contributed by atoms with Gasteiger partial charge in [0.15, 0.2) is 0 Å². The topological polar surface area (TPSA) is 129 Å². The van der Waals surface area contributed by atoms with E-state index < -0.39 is 32.7 Å². The van der Waals surface area contributed by atoms with E-state index in [1.165, 1.54) is 13.0 Å². The molecule has 0 atom stereocenters. The van der Waals surface area contributed by atoms with Crippen molar-refractivity contribution in [2.45, 2.75) is 6.92 Å². The number of carbonyl (C=O) groups excluding carboxylic acids is 1. The molecule has 0 fully saturated rings. The molecule has 1 aromatic rings. The quantitative estimate of drug-likeness (QED) is 0.603. The van der Waals surface area contributed by atoms with E-state index in [2.05, 4.69) is 0 Å². The Morgan fingerprint density at radius 3 is 2.19 bits per heavy atom. The second kappa shape index (κ2) is 3.93. The van der Waals surface area contributed by atoms with Gasteiger partial charge in [-0.25, -0.2) is 0 Å². The van der Waals surface area contributed by atoms with Gasteiger partial charge in [0.2, 0.25) is 0 Å². The maximum atomic E-state index is 11.0. The van der Waals surface area contributed by atoms with Gasteiger partial charge in [-0.1, -0.05) is 6.07 Å². The number of carbonyl (C=O) groups is 1. The first kappa shape index (κ1) is 11.6. The Bertz CT molecular complexity index is 497. The van der Waals surface area contributed by atoms with Crippen LogP contribution in [0.5, 0.6) is 0 Å². The van der Waals surface area contributed by atoms with Crippen LogP contribution < -0.4 is 5.73 Å². The zero-order valence-electron chi connectivity index (χ0n) is 8.17. The number of benzene rings is 1. The molecule has 1 amide bonds. The summed E-state index contributed by atoms with van der Waals surface area (Å²) >= 11 is 0. The second-order valence-corrected chi connectivity index (χ2v) is 3.00. The lowest BCUT2D eigenvalue weighted by molar-refractivity contribution is -0.422. The van der Waals surface area contributed by atoms with Crippen molar-refractivity contribution in [1.29, 1.82) is 0 Å². The van der Waals surface area contributed by atoms with Crippen LogP contribution in [0.15, 0.2) is 12.1 Å². The molecule has 0 saturated heterocycles. The number of nitrogens with two attached hydrogens (primary N) is 1. The van der Waals surface area contributed by atoms with Crippen molar-refractivity contribution < 1.29 is 14.6 Å². The summed E-state index contributed by atoms with van der Waals surface area (Å²) in [5.74, 6) is -1.06. The summed E-state index contributed by atoms with van der Waals surface area (Å²) in [6.07, 6.45) is 0. The van der Waals surface area contributed by atoms with Crippen molar-refractivity contribution in [3.8, 4) is 0 Å². The van der Waals surface area contributed by atoms with Crippen LogP contribution in [0.1, 0.15) is 15.9 Å². The Kier molecular flexibility index (Phi) is 2.84. The average Bonchev–Trinajstić information content (AvgIpc) is 2.15. The molecule has 2 N–H and O–H groups in total. The molecule has 0 aromatic heterocycles. The Morgan fingerprint density at radius 2 is 1.81 bits per heavy atom. The van der Waals surface area contributed by atoms with E-state index in [4.69, 9.17) is 5.73 Å². The van der Waals surface area contributed by atoms with Gasteiger partial charge in [-0.2, -0.15) is 0 Å². The maximum absolute atomic E-state index is 11.0. The predicted molar refractivity (Wildman–Crippen MR) is 53.0 cm³/mol. The number of rotatable bonds is 3. The van der Waals surface area contributed by atoms with E-state index in [0.29, 0.717) is 0 Å². The van der Waals surface area contributed by atoms with Crippen molar-refractivity contribution in [1.82, 2.24) is 0 Å². The summed E-state index contributed by atoms with van der Waals surface area (Å²) < 4.78 is 0. The number of nitro benzene ring substituents is 2. The summed E-state index contributed by atoms with van der Waals surface area (Å²) in [4.78, 5) is 30.4. The zero-order valence-corrected chi connectivity index (χ0v) is 8.17. The molecule has 0 unspecified atom stereocenters. The standard InChI is InChI=1S/C8H7N3O5/c1-4-2-3-5(10(13)14)7(11(15)16)6(4)8(9)12/h2-3H,1H3,(H2,9,12). The minimum Gasteiger partial charge on any atom is -0.365 e. The number of hydrogen-bond donors (Lipinski definition) is 1. The van der Waals surface area contributed by atoms with E-state index in [1.54, 1.807) is 0 Å². The van der Waals surface area contributed by atoms with E-state index >= 15 is 0 Å². The lowest BCUT2D eigenvalue weighted by Crippen LogP contribution is -2.16. The van der Waals surface area contributed by atoms with Gasteiger partial charge in [0.25, 0.3) is 5.91 Å². The highest BCUT2D eigenvalue weighted by molar-refractivity contribution is 6.00. The summed E-state index contributed by atoms with van der Waals surface area (Å²) in [5.41, 5.74) is 3.14. The third-order valence-electron chi connectivity index (χ3n) is 1.99. The average molecular weight is 225 g/mol. The van der Waals surface area contributed by atoms with Gasteiger partial charge in [0, 0.05) is 6.07 Å². The summed E-state index contributed by atoms with van der Waals surface area (Å²) in [6, 6.07) is 2.21. The molecular formula is C8H7N3O5. The fraction of sp³-hybridized carbons (Fsp3) is 0.125. The van der Waals surface area contributed by atoms with Crippen LogP contribution >= 0.6 is 0 Å². The molecule has 8 nitrogen and oxygen atoms in total. The number of amides is 1.